The van der Waals surface area contributed by atoms with Crippen molar-refractivity contribution in [2.24, 2.45) is 0 Å². The molecule has 3 aliphatic rings. The zero-order valence-corrected chi connectivity index (χ0v) is 41.1. The molecule has 0 aliphatic carbocycles. The minimum absolute atomic E-state index is 0.00308. The number of nitrogens with two attached hydrogens (primary N) is 1. The summed E-state index contributed by atoms with van der Waals surface area (Å²) in [4.78, 5) is 78.0. The molecular weight excluding hydrogens is 978 g/mol. The van der Waals surface area contributed by atoms with Gasteiger partial charge in [0.15, 0.2) is 0 Å². The van der Waals surface area contributed by atoms with Crippen LogP contribution in [0.3, 0.4) is 0 Å². The number of phosphoric ester groups is 1. The van der Waals surface area contributed by atoms with Gasteiger partial charge in [0.25, 0.3) is 0 Å². The number of carbonyl (C=O) groups is 2. The van der Waals surface area contributed by atoms with E-state index < -0.39 is 54.2 Å². The van der Waals surface area contributed by atoms with E-state index in [0.717, 1.165) is 29.6 Å². The monoisotopic (exact) mass is 1030 g/mol. The summed E-state index contributed by atoms with van der Waals surface area (Å²) < 4.78 is 65.8. The van der Waals surface area contributed by atoms with Gasteiger partial charge in [-0.25, -0.2) is 23.3 Å². The zero-order chi connectivity index (χ0) is 45.9. The van der Waals surface area contributed by atoms with Gasteiger partial charge in [0, 0.05) is 46.1 Å². The van der Waals surface area contributed by atoms with Crippen LogP contribution in [0.4, 0.5) is 10.6 Å². The number of urea groups is 1. The number of rotatable bonds is 24. The van der Waals surface area contributed by atoms with Gasteiger partial charge in [-0.05, 0) is 26.7 Å². The van der Waals surface area contributed by atoms with Gasteiger partial charge < -0.3 is 55.5 Å². The van der Waals surface area contributed by atoms with E-state index in [9.17, 15) is 37.9 Å². The minimum atomic E-state index is -5.76. The molecule has 3 amide bonds. The van der Waals surface area contributed by atoms with E-state index in [-0.39, 0.29) is 69.8 Å². The number of nitrogens with one attached hydrogen (secondary N) is 3. The van der Waals surface area contributed by atoms with Gasteiger partial charge in [0.05, 0.1) is 30.4 Å². The third-order valence-electron chi connectivity index (χ3n) is 8.53. The average Bonchev–Trinajstić information content (AvgIpc) is 3.82. The van der Waals surface area contributed by atoms with Crippen molar-refractivity contribution in [3.8, 4) is 11.8 Å². The van der Waals surface area contributed by atoms with Crippen LogP contribution in [0.25, 0.3) is 0 Å². The number of carbonyl (C=O) groups excluding carboxylic acids is 2. The molecule has 0 spiro atoms. The fourth-order valence-electron chi connectivity index (χ4n) is 5.91. The third-order valence-corrected chi connectivity index (χ3v) is 19.8. The maximum atomic E-state index is 13.0. The molecule has 3 fully saturated rings. The van der Waals surface area contributed by atoms with Crippen LogP contribution < -0.4 is 27.4 Å². The van der Waals surface area contributed by atoms with Gasteiger partial charge in [0.2, 0.25) is 5.91 Å². The standard InChI is InChI=1S/C32H53N6O16P3S5/c1-31(2,3)61-60-19-50-22-13-26(52-23(22)15-51-56(45,46)54-57(47,48)53-55(42,43)44)38-14-20(28(33)37-30(38)41)9-8-12-49-18-59-62-32(4,5)17-34-25(39)11-7-6-10-24-27-21(16-58-24)35-29(40)36-27/h14,21-24,26-27H,6-7,10-13,15-19H2,1-5H3,(H,34,39)(H,45,46)(H,47,48)(H2,33,37,41)(H2,35,36,40)(H2,42,43,44)/t21?,22-,23-,24?,26-,27?/m1/s1. The second kappa shape index (κ2) is 23.7. The lowest BCUT2D eigenvalue weighted by atomic mass is 10.0. The smallest absolute Gasteiger partial charge is 0.382 e. The highest BCUT2D eigenvalue weighted by Gasteiger charge is 2.44. The van der Waals surface area contributed by atoms with E-state index in [2.05, 4.69) is 41.4 Å². The maximum Gasteiger partial charge on any atom is 0.490 e. The Labute approximate surface area is 379 Å². The Balaban J connectivity index is 1.23. The van der Waals surface area contributed by atoms with Crippen LogP contribution in [-0.2, 0) is 45.8 Å². The van der Waals surface area contributed by atoms with E-state index in [4.69, 9.17) is 34.3 Å². The predicted octanol–water partition coefficient (Wildman–Crippen LogP) is 4.31. The predicted molar refractivity (Wildman–Crippen MR) is 240 cm³/mol. The summed E-state index contributed by atoms with van der Waals surface area (Å²) in [5.41, 5.74) is 5.37. The molecule has 0 radical (unpaired) electrons. The van der Waals surface area contributed by atoms with E-state index in [1.54, 1.807) is 10.8 Å². The SMILES string of the molecule is CC(C)(C)SSCO[C@@H]1C[C@H](n2cc(C#CCOCSSC(C)(C)CNC(=O)CCCCC3SCC4NC(=O)NC43)c(N)nc2=O)O[C@@H]1COP(=O)(O)OP(=O)(O)OP(=O)(O)O. The van der Waals surface area contributed by atoms with E-state index in [0.29, 0.717) is 18.2 Å². The lowest BCUT2D eigenvalue weighted by Gasteiger charge is -2.23. The maximum absolute atomic E-state index is 13.0. The second-order valence-corrected chi connectivity index (χ2v) is 27.2. The molecule has 4 rings (SSSR count). The summed E-state index contributed by atoms with van der Waals surface area (Å²) in [6.07, 6.45) is 1.29. The number of nitrogens with zero attached hydrogens (tertiary/aromatic N) is 2. The van der Waals surface area contributed by atoms with E-state index in [1.807, 2.05) is 46.4 Å². The number of unbranched alkanes of at least 4 members (excludes halogenated alkanes) is 1. The number of ether oxygens (including phenoxy) is 3. The fraction of sp³-hybridized carbons (Fsp3) is 0.750. The van der Waals surface area contributed by atoms with Crippen LogP contribution in [-0.4, -0.2) is 117 Å². The Kier molecular flexibility index (Phi) is 20.5. The normalized spacial score (nSPS) is 24.6. The summed E-state index contributed by atoms with van der Waals surface area (Å²) in [5, 5.41) is 9.31. The molecule has 1 aromatic rings. The summed E-state index contributed by atoms with van der Waals surface area (Å²) in [6, 6.07) is 0.249. The lowest BCUT2D eigenvalue weighted by Crippen LogP contribution is -2.37. The number of phosphoric acid groups is 3. The molecule has 5 unspecified atom stereocenters. The molecule has 0 aromatic carbocycles. The van der Waals surface area contributed by atoms with Crippen molar-refractivity contribution < 1.29 is 70.2 Å². The zero-order valence-electron chi connectivity index (χ0n) is 34.4. The Morgan fingerprint density at radius 3 is 2.50 bits per heavy atom. The number of amides is 3. The summed E-state index contributed by atoms with van der Waals surface area (Å²) in [7, 11) is -10.9. The summed E-state index contributed by atoms with van der Waals surface area (Å²) in [6.45, 7) is 9.69. The van der Waals surface area contributed by atoms with Crippen molar-refractivity contribution in [1.29, 1.82) is 0 Å². The number of nitrogen functional groups attached to an aromatic ring is 1. The van der Waals surface area contributed by atoms with E-state index >= 15 is 0 Å². The molecule has 30 heteroatoms. The molecule has 352 valence electrons. The second-order valence-electron chi connectivity index (χ2n) is 15.5. The van der Waals surface area contributed by atoms with Crippen LogP contribution in [0.15, 0.2) is 11.0 Å². The number of hydrogen-bond acceptors (Lipinski definition) is 19. The fourth-order valence-corrected chi connectivity index (χ4v) is 14.6. The first-order chi connectivity index (χ1) is 28.8. The number of fused-ring (bicyclic) bond motifs is 1. The summed E-state index contributed by atoms with van der Waals surface area (Å²) >= 11 is 1.86. The van der Waals surface area contributed by atoms with Crippen LogP contribution in [0, 0.1) is 11.8 Å². The topological polar surface area (TPSA) is 319 Å². The highest BCUT2D eigenvalue weighted by molar-refractivity contribution is 8.77. The van der Waals surface area contributed by atoms with Crippen LogP contribution in [0.1, 0.15) is 78.5 Å². The molecule has 3 aliphatic heterocycles. The molecule has 0 bridgehead atoms. The Bertz CT molecular complexity index is 1980. The first kappa shape index (κ1) is 53.6. The van der Waals surface area contributed by atoms with Crippen molar-refractivity contribution in [3.05, 3.63) is 22.2 Å². The van der Waals surface area contributed by atoms with Crippen LogP contribution in [0.2, 0.25) is 0 Å². The third kappa shape index (κ3) is 19.1. The van der Waals surface area contributed by atoms with Crippen LogP contribution >= 0.6 is 78.4 Å². The van der Waals surface area contributed by atoms with Gasteiger partial charge in [0.1, 0.15) is 36.6 Å². The van der Waals surface area contributed by atoms with Crippen molar-refractivity contribution in [2.75, 3.05) is 43.1 Å². The molecule has 22 nitrogen and oxygen atoms in total. The molecule has 1 aromatic heterocycles. The highest BCUT2D eigenvalue weighted by atomic mass is 33.1. The average molecular weight is 1030 g/mol. The molecule has 9 N–H and O–H groups in total. The number of anilines is 1. The molecule has 62 heavy (non-hydrogen) atoms. The van der Waals surface area contributed by atoms with Crippen molar-refractivity contribution in [2.45, 2.75) is 112 Å². The lowest BCUT2D eigenvalue weighted by molar-refractivity contribution is -0.121. The molecular formula is C32H53N6O16P3S5. The first-order valence-corrected chi connectivity index (χ1v) is 29.1. The van der Waals surface area contributed by atoms with Gasteiger partial charge >= 0.3 is 35.2 Å². The minimum Gasteiger partial charge on any atom is -0.382 e. The molecule has 0 saturated carbocycles. The first-order valence-electron chi connectivity index (χ1n) is 18.9. The highest BCUT2D eigenvalue weighted by Crippen LogP contribution is 2.66. The Morgan fingerprint density at radius 2 is 1.79 bits per heavy atom. The van der Waals surface area contributed by atoms with Gasteiger partial charge in [-0.2, -0.15) is 25.4 Å². The van der Waals surface area contributed by atoms with Gasteiger partial charge in [-0.15, -0.1) is 0 Å². The number of thioether (sulfide) groups is 1. The van der Waals surface area contributed by atoms with Crippen molar-refractivity contribution in [3.63, 3.8) is 0 Å². The largest absolute Gasteiger partial charge is 0.490 e. The molecule has 8 atom stereocenters. The van der Waals surface area contributed by atoms with Crippen LogP contribution in [0.5, 0.6) is 0 Å². The Hall–Kier alpha value is -0.980. The molecule has 3 saturated heterocycles. The Morgan fingerprint density at radius 1 is 1.06 bits per heavy atom. The molecule has 4 heterocycles. The quantitative estimate of drug-likeness (QED) is 0.0179. The van der Waals surface area contributed by atoms with Gasteiger partial charge in [-0.1, -0.05) is 82.2 Å². The summed E-state index contributed by atoms with van der Waals surface area (Å²) in [5.74, 6) is 6.81. The van der Waals surface area contributed by atoms with Gasteiger partial charge in [-0.3, -0.25) is 13.9 Å². The number of hydrogen-bond donors (Lipinski definition) is 8. The van der Waals surface area contributed by atoms with E-state index in [1.165, 1.54) is 38.6 Å². The van der Waals surface area contributed by atoms with Crippen molar-refractivity contribution >= 4 is 96.2 Å². The number of aromatic nitrogens is 2. The van der Waals surface area contributed by atoms with Crippen molar-refractivity contribution in [1.82, 2.24) is 25.5 Å².